The molecule has 0 radical (unpaired) electrons. The van der Waals surface area contributed by atoms with Crippen molar-refractivity contribution in [2.45, 2.75) is 30.2 Å². The molecule has 2 aliphatic rings. The van der Waals surface area contributed by atoms with Crippen molar-refractivity contribution in [2.24, 2.45) is 11.8 Å². The lowest BCUT2D eigenvalue weighted by molar-refractivity contribution is -0.117. The molecule has 2 atom stereocenters. The number of sulfonamides is 1. The van der Waals surface area contributed by atoms with Gasteiger partial charge in [0, 0.05) is 36.3 Å². The fourth-order valence-electron chi connectivity index (χ4n) is 4.83. The molecular formula is C25H28ClN3O4S. The van der Waals surface area contributed by atoms with E-state index in [4.69, 9.17) is 11.6 Å². The predicted octanol–water partition coefficient (Wildman–Crippen LogP) is 3.01. The number of hydrogen-bond acceptors (Lipinski definition) is 4. The quantitative estimate of drug-likeness (QED) is 0.543. The third-order valence-electron chi connectivity index (χ3n) is 6.62. The van der Waals surface area contributed by atoms with Crippen LogP contribution in [0.5, 0.6) is 0 Å². The van der Waals surface area contributed by atoms with Gasteiger partial charge in [0.1, 0.15) is 0 Å². The standard InChI is InChI=1S/C25H28ClN3O4S/c1-2-24(30)28-22-13-19-15-29(16-20(19)14-22)34(32,33)23-9-5-18(6-10-23)25(31)27-12-11-17-3-7-21(26)8-4-17/h2-10,19-20,22H,1,11-16H2,(H,27,31)(H,28,30). The molecule has 1 aliphatic carbocycles. The van der Waals surface area contributed by atoms with Gasteiger partial charge in [-0.1, -0.05) is 30.3 Å². The number of nitrogens with one attached hydrogen (secondary N) is 2. The number of amides is 2. The minimum Gasteiger partial charge on any atom is -0.352 e. The van der Waals surface area contributed by atoms with E-state index in [-0.39, 0.29) is 34.6 Å². The van der Waals surface area contributed by atoms with Crippen molar-refractivity contribution in [3.8, 4) is 0 Å². The Hall–Kier alpha value is -2.68. The number of halogens is 1. The van der Waals surface area contributed by atoms with E-state index < -0.39 is 10.0 Å². The molecule has 1 saturated carbocycles. The Balaban J connectivity index is 1.31. The van der Waals surface area contributed by atoms with E-state index >= 15 is 0 Å². The predicted molar refractivity (Wildman–Crippen MR) is 131 cm³/mol. The third-order valence-corrected chi connectivity index (χ3v) is 8.71. The van der Waals surface area contributed by atoms with Crippen molar-refractivity contribution < 1.29 is 18.0 Å². The van der Waals surface area contributed by atoms with Crippen LogP contribution < -0.4 is 10.6 Å². The molecule has 9 heteroatoms. The molecule has 7 nitrogen and oxygen atoms in total. The van der Waals surface area contributed by atoms with Crippen LogP contribution in [0.4, 0.5) is 0 Å². The zero-order valence-corrected chi connectivity index (χ0v) is 20.3. The second kappa shape index (κ2) is 10.3. The Kier molecular flexibility index (Phi) is 7.40. The van der Waals surface area contributed by atoms with Crippen LogP contribution in [0, 0.1) is 11.8 Å². The minimum absolute atomic E-state index is 0.0721. The molecule has 1 saturated heterocycles. The Morgan fingerprint density at radius 1 is 1.03 bits per heavy atom. The molecule has 2 aromatic rings. The fraction of sp³-hybridized carbons (Fsp3) is 0.360. The van der Waals surface area contributed by atoms with Crippen molar-refractivity contribution in [3.05, 3.63) is 77.3 Å². The summed E-state index contributed by atoms with van der Waals surface area (Å²) in [7, 11) is -3.64. The molecule has 0 bridgehead atoms. The number of carbonyl (C=O) groups is 2. The van der Waals surface area contributed by atoms with Crippen molar-refractivity contribution in [2.75, 3.05) is 19.6 Å². The van der Waals surface area contributed by atoms with E-state index in [9.17, 15) is 18.0 Å². The van der Waals surface area contributed by atoms with Crippen molar-refractivity contribution in [1.82, 2.24) is 14.9 Å². The molecule has 2 aromatic carbocycles. The van der Waals surface area contributed by atoms with E-state index in [1.807, 2.05) is 24.3 Å². The molecule has 2 unspecified atom stereocenters. The van der Waals surface area contributed by atoms with E-state index in [1.54, 1.807) is 12.1 Å². The number of rotatable bonds is 8. The molecule has 0 spiro atoms. The van der Waals surface area contributed by atoms with Gasteiger partial charge in [-0.05, 0) is 79.1 Å². The average Bonchev–Trinajstić information content (AvgIpc) is 3.39. The van der Waals surface area contributed by atoms with Crippen LogP contribution in [-0.4, -0.2) is 50.2 Å². The summed E-state index contributed by atoms with van der Waals surface area (Å²) >= 11 is 5.88. The first-order valence-corrected chi connectivity index (χ1v) is 13.1. The van der Waals surface area contributed by atoms with Gasteiger partial charge in [0.05, 0.1) is 4.90 Å². The van der Waals surface area contributed by atoms with Crippen LogP contribution in [-0.2, 0) is 21.2 Å². The maximum absolute atomic E-state index is 13.1. The van der Waals surface area contributed by atoms with Gasteiger partial charge in [0.2, 0.25) is 15.9 Å². The van der Waals surface area contributed by atoms with Gasteiger partial charge in [-0.15, -0.1) is 0 Å². The van der Waals surface area contributed by atoms with Crippen molar-refractivity contribution in [1.29, 1.82) is 0 Å². The zero-order chi connectivity index (χ0) is 24.3. The topological polar surface area (TPSA) is 95.6 Å². The van der Waals surface area contributed by atoms with Crippen LogP contribution in [0.1, 0.15) is 28.8 Å². The Bertz CT molecular complexity index is 1150. The molecule has 1 aliphatic heterocycles. The summed E-state index contributed by atoms with van der Waals surface area (Å²) in [6.45, 7) is 4.82. The summed E-state index contributed by atoms with van der Waals surface area (Å²) in [4.78, 5) is 24.2. The Labute approximate surface area is 205 Å². The molecule has 2 amide bonds. The maximum Gasteiger partial charge on any atom is 0.251 e. The zero-order valence-electron chi connectivity index (χ0n) is 18.7. The van der Waals surface area contributed by atoms with Crippen LogP contribution >= 0.6 is 11.6 Å². The molecule has 2 fully saturated rings. The highest BCUT2D eigenvalue weighted by molar-refractivity contribution is 7.89. The maximum atomic E-state index is 13.1. The summed E-state index contributed by atoms with van der Waals surface area (Å²) in [5.74, 6) is 0.0240. The second-order valence-corrected chi connectivity index (χ2v) is 11.3. The van der Waals surface area contributed by atoms with E-state index in [0.29, 0.717) is 36.6 Å². The smallest absolute Gasteiger partial charge is 0.251 e. The molecule has 34 heavy (non-hydrogen) atoms. The molecule has 1 heterocycles. The first kappa shape index (κ1) is 24.4. The van der Waals surface area contributed by atoms with Gasteiger partial charge in [-0.2, -0.15) is 4.31 Å². The summed E-state index contributed by atoms with van der Waals surface area (Å²) in [6, 6.07) is 13.6. The lowest BCUT2D eigenvalue weighted by Gasteiger charge is -2.19. The highest BCUT2D eigenvalue weighted by Gasteiger charge is 2.45. The minimum atomic E-state index is -3.64. The van der Waals surface area contributed by atoms with Crippen molar-refractivity contribution in [3.63, 3.8) is 0 Å². The monoisotopic (exact) mass is 501 g/mol. The number of carbonyl (C=O) groups excluding carboxylic acids is 2. The Morgan fingerprint density at radius 3 is 2.24 bits per heavy atom. The molecule has 4 rings (SSSR count). The lowest BCUT2D eigenvalue weighted by Crippen LogP contribution is -2.35. The molecule has 2 N–H and O–H groups in total. The highest BCUT2D eigenvalue weighted by Crippen LogP contribution is 2.40. The van der Waals surface area contributed by atoms with Crippen LogP contribution in [0.3, 0.4) is 0 Å². The van der Waals surface area contributed by atoms with E-state index in [2.05, 4.69) is 17.2 Å². The largest absolute Gasteiger partial charge is 0.352 e. The summed E-state index contributed by atoms with van der Waals surface area (Å²) in [5, 5.41) is 6.44. The van der Waals surface area contributed by atoms with Gasteiger partial charge in [0.25, 0.3) is 5.91 Å². The van der Waals surface area contributed by atoms with E-state index in [0.717, 1.165) is 18.4 Å². The van der Waals surface area contributed by atoms with Crippen molar-refractivity contribution >= 4 is 33.4 Å². The molecular weight excluding hydrogens is 474 g/mol. The van der Waals surface area contributed by atoms with E-state index in [1.165, 1.54) is 22.5 Å². The summed E-state index contributed by atoms with van der Waals surface area (Å²) in [6.07, 6.45) is 3.47. The van der Waals surface area contributed by atoms with Gasteiger partial charge in [0.15, 0.2) is 0 Å². The van der Waals surface area contributed by atoms with Crippen LogP contribution in [0.2, 0.25) is 5.02 Å². The fourth-order valence-corrected chi connectivity index (χ4v) is 6.51. The number of benzene rings is 2. The third kappa shape index (κ3) is 5.51. The normalized spacial score (nSPS) is 22.2. The number of hydrogen-bond donors (Lipinski definition) is 2. The lowest BCUT2D eigenvalue weighted by atomic mass is 10.0. The van der Waals surface area contributed by atoms with Crippen LogP contribution in [0.25, 0.3) is 0 Å². The van der Waals surface area contributed by atoms with Gasteiger partial charge >= 0.3 is 0 Å². The number of fused-ring (bicyclic) bond motifs is 1. The first-order valence-electron chi connectivity index (χ1n) is 11.3. The molecule has 180 valence electrons. The average molecular weight is 502 g/mol. The summed E-state index contributed by atoms with van der Waals surface area (Å²) in [5.41, 5.74) is 1.48. The molecule has 0 aromatic heterocycles. The highest BCUT2D eigenvalue weighted by atomic mass is 35.5. The summed E-state index contributed by atoms with van der Waals surface area (Å²) < 4.78 is 27.8. The second-order valence-electron chi connectivity index (χ2n) is 8.88. The SMILES string of the molecule is C=CC(=O)NC1CC2CN(S(=O)(=O)c3ccc(C(=O)NCCc4ccc(Cl)cc4)cc3)CC2C1. The Morgan fingerprint density at radius 2 is 1.65 bits per heavy atom. The van der Waals surface area contributed by atoms with Gasteiger partial charge in [-0.3, -0.25) is 9.59 Å². The van der Waals surface area contributed by atoms with Crippen LogP contribution in [0.15, 0.2) is 66.1 Å². The number of nitrogens with zero attached hydrogens (tertiary/aromatic N) is 1. The van der Waals surface area contributed by atoms with Gasteiger partial charge < -0.3 is 10.6 Å². The van der Waals surface area contributed by atoms with Gasteiger partial charge in [-0.25, -0.2) is 8.42 Å². The first-order chi connectivity index (χ1) is 16.3.